The van der Waals surface area contributed by atoms with Crippen LogP contribution < -0.4 is 0 Å². The van der Waals surface area contributed by atoms with Crippen molar-refractivity contribution in [1.29, 1.82) is 0 Å². The molecule has 4 heterocycles. The predicted octanol–water partition coefficient (Wildman–Crippen LogP) is 3.74. The average Bonchev–Trinajstić information content (AvgIpc) is 3.37. The van der Waals surface area contributed by atoms with E-state index in [2.05, 4.69) is 29.3 Å². The van der Waals surface area contributed by atoms with E-state index in [1.807, 2.05) is 12.1 Å². The summed E-state index contributed by atoms with van der Waals surface area (Å²) in [6, 6.07) is 7.96. The van der Waals surface area contributed by atoms with Gasteiger partial charge in [0.25, 0.3) is 0 Å². The molecule has 5 nitrogen and oxygen atoms in total. The lowest BCUT2D eigenvalue weighted by molar-refractivity contribution is -0.166. The van der Waals surface area contributed by atoms with Crippen molar-refractivity contribution >= 4 is 17.6 Å². The summed E-state index contributed by atoms with van der Waals surface area (Å²) in [5.41, 5.74) is 2.13. The second-order valence-electron chi connectivity index (χ2n) is 11.7. The van der Waals surface area contributed by atoms with Gasteiger partial charge in [0.15, 0.2) is 11.6 Å². The lowest BCUT2D eigenvalue weighted by Crippen LogP contribution is -2.57. The summed E-state index contributed by atoms with van der Waals surface area (Å²) in [6.45, 7) is 0.425. The Morgan fingerprint density at radius 2 is 1.75 bits per heavy atom. The van der Waals surface area contributed by atoms with E-state index < -0.39 is 6.29 Å². The van der Waals surface area contributed by atoms with E-state index in [4.69, 9.17) is 9.47 Å². The molecule has 4 saturated carbocycles. The zero-order valence-electron chi connectivity index (χ0n) is 18.2. The summed E-state index contributed by atoms with van der Waals surface area (Å²) in [5, 5.41) is 0. The quantitative estimate of drug-likeness (QED) is 0.714. The SMILES string of the molecule is O=C1[C@H]2OC[C@H](O2)[C@H]2[C@@H]1[C@H]1c3ccccc3C=CN1[C@@H]2C(=O)C12CC3CC(CC(C3)C1)C2. The van der Waals surface area contributed by atoms with E-state index in [9.17, 15) is 9.59 Å². The van der Waals surface area contributed by atoms with Crippen LogP contribution in [0.4, 0.5) is 0 Å². The van der Waals surface area contributed by atoms with Crippen LogP contribution >= 0.6 is 0 Å². The molecule has 4 aliphatic heterocycles. The van der Waals surface area contributed by atoms with E-state index in [-0.39, 0.29) is 41.2 Å². The summed E-state index contributed by atoms with van der Waals surface area (Å²) < 4.78 is 11.8. The maximum atomic E-state index is 14.6. The van der Waals surface area contributed by atoms with Crippen molar-refractivity contribution in [3.05, 3.63) is 41.6 Å². The van der Waals surface area contributed by atoms with Crippen LogP contribution in [-0.2, 0) is 19.1 Å². The third-order valence-corrected chi connectivity index (χ3v) is 10.0. The van der Waals surface area contributed by atoms with Gasteiger partial charge in [0.2, 0.25) is 6.29 Å². The van der Waals surface area contributed by atoms with Gasteiger partial charge in [0, 0.05) is 17.5 Å². The van der Waals surface area contributed by atoms with Gasteiger partial charge in [-0.25, -0.2) is 0 Å². The molecule has 0 radical (unpaired) electrons. The summed E-state index contributed by atoms with van der Waals surface area (Å²) in [5.74, 6) is 2.24. The van der Waals surface area contributed by atoms with Crippen LogP contribution in [0.15, 0.2) is 30.5 Å². The fourth-order valence-corrected chi connectivity index (χ4v) is 9.35. The molecule has 0 spiro atoms. The summed E-state index contributed by atoms with van der Waals surface area (Å²) in [4.78, 5) is 30.4. The lowest BCUT2D eigenvalue weighted by Gasteiger charge is -2.57. The number of ether oxygens (including phenoxy) is 2. The molecule has 6 atom stereocenters. The number of ketones is 2. The molecule has 1 aromatic carbocycles. The van der Waals surface area contributed by atoms with Crippen LogP contribution in [0.25, 0.3) is 6.08 Å². The van der Waals surface area contributed by atoms with Crippen LogP contribution in [0, 0.1) is 35.0 Å². The molecule has 1 aromatic rings. The molecule has 5 heteroatoms. The van der Waals surface area contributed by atoms with Gasteiger partial charge in [-0.1, -0.05) is 24.3 Å². The Balaban J connectivity index is 1.26. The minimum atomic E-state index is -0.755. The van der Waals surface area contributed by atoms with Crippen molar-refractivity contribution in [3.63, 3.8) is 0 Å². The molecule has 166 valence electrons. The van der Waals surface area contributed by atoms with Crippen molar-refractivity contribution in [2.75, 3.05) is 6.61 Å². The molecule has 0 unspecified atom stereocenters. The van der Waals surface area contributed by atoms with Crippen molar-refractivity contribution in [3.8, 4) is 0 Å². The monoisotopic (exact) mass is 431 g/mol. The third kappa shape index (κ3) is 2.22. The molecule has 6 bridgehead atoms. The maximum absolute atomic E-state index is 14.6. The first-order valence-corrected chi connectivity index (χ1v) is 12.5. The molecule has 4 aliphatic carbocycles. The first kappa shape index (κ1) is 18.4. The Morgan fingerprint density at radius 3 is 2.50 bits per heavy atom. The van der Waals surface area contributed by atoms with Gasteiger partial charge in [-0.05, 0) is 73.5 Å². The molecule has 32 heavy (non-hydrogen) atoms. The fraction of sp³-hybridized carbons (Fsp3) is 0.630. The Kier molecular flexibility index (Phi) is 3.53. The van der Waals surface area contributed by atoms with Crippen molar-refractivity contribution < 1.29 is 19.1 Å². The highest BCUT2D eigenvalue weighted by atomic mass is 16.7. The first-order chi connectivity index (χ1) is 15.6. The van der Waals surface area contributed by atoms with E-state index in [0.717, 1.165) is 42.6 Å². The molecule has 9 rings (SSSR count). The van der Waals surface area contributed by atoms with E-state index in [0.29, 0.717) is 12.4 Å². The Hall–Kier alpha value is -1.98. The predicted molar refractivity (Wildman–Crippen MR) is 116 cm³/mol. The van der Waals surface area contributed by atoms with Gasteiger partial charge in [-0.15, -0.1) is 0 Å². The highest BCUT2D eigenvalue weighted by Crippen LogP contribution is 2.63. The molecular weight excluding hydrogens is 402 g/mol. The van der Waals surface area contributed by atoms with Gasteiger partial charge >= 0.3 is 0 Å². The molecule has 0 aromatic heterocycles. The summed E-state index contributed by atoms with van der Waals surface area (Å²) >= 11 is 0. The number of rotatable bonds is 2. The first-order valence-electron chi connectivity index (χ1n) is 12.5. The van der Waals surface area contributed by atoms with Gasteiger partial charge in [0.1, 0.15) is 0 Å². The number of nitrogens with zero attached hydrogens (tertiary/aromatic N) is 1. The maximum Gasteiger partial charge on any atom is 0.218 e. The normalized spacial score (nSPS) is 49.2. The average molecular weight is 432 g/mol. The largest absolute Gasteiger partial charge is 0.359 e. The van der Waals surface area contributed by atoms with Crippen molar-refractivity contribution in [2.45, 2.75) is 63.0 Å². The van der Waals surface area contributed by atoms with Crippen LogP contribution in [0.3, 0.4) is 0 Å². The number of hydrogen-bond acceptors (Lipinski definition) is 5. The zero-order chi connectivity index (χ0) is 21.2. The topological polar surface area (TPSA) is 55.8 Å². The van der Waals surface area contributed by atoms with E-state index in [1.54, 1.807) is 0 Å². The number of fused-ring (bicyclic) bond motifs is 8. The van der Waals surface area contributed by atoms with Gasteiger partial charge in [-0.2, -0.15) is 0 Å². The fourth-order valence-electron chi connectivity index (χ4n) is 9.35. The zero-order valence-corrected chi connectivity index (χ0v) is 18.2. The number of benzene rings is 1. The second-order valence-corrected chi connectivity index (χ2v) is 11.7. The molecule has 8 aliphatic rings. The van der Waals surface area contributed by atoms with Crippen LogP contribution in [0.2, 0.25) is 0 Å². The summed E-state index contributed by atoms with van der Waals surface area (Å²) in [7, 11) is 0. The number of hydrogen-bond donors (Lipinski definition) is 0. The molecule has 0 amide bonds. The van der Waals surface area contributed by atoms with Gasteiger partial charge < -0.3 is 14.4 Å². The Morgan fingerprint density at radius 1 is 1.03 bits per heavy atom. The highest BCUT2D eigenvalue weighted by molar-refractivity contribution is 5.95. The number of carbonyl (C=O) groups excluding carboxylic acids is 2. The molecule has 0 N–H and O–H groups in total. The summed E-state index contributed by atoms with van der Waals surface area (Å²) in [6.07, 6.45) is 10.5. The van der Waals surface area contributed by atoms with Gasteiger partial charge in [0.05, 0.1) is 30.7 Å². The number of Topliss-reactive ketones (excluding diaryl/α,β-unsaturated/α-hetero) is 2. The second kappa shape index (κ2) is 6.12. The van der Waals surface area contributed by atoms with Crippen LogP contribution in [0.5, 0.6) is 0 Å². The van der Waals surface area contributed by atoms with Crippen molar-refractivity contribution in [2.24, 2.45) is 35.0 Å². The Labute approximate surface area is 188 Å². The minimum absolute atomic E-state index is 0.0321. The van der Waals surface area contributed by atoms with Crippen LogP contribution in [-0.4, -0.2) is 41.5 Å². The standard InChI is InChI=1S/C27H29NO4/c29-24-21-20(19-13-31-26(24)32-19)23(28-6-5-17-3-1-2-4-18(17)22(21)28)25(30)27-10-14-7-15(11-27)9-16(8-14)12-27/h1-6,14-16,19-23,26H,7-13H2/t14?,15?,16?,19-,20-,21+,22+,23-,26-,27?/m0/s1. The highest BCUT2D eigenvalue weighted by Gasteiger charge is 2.66. The minimum Gasteiger partial charge on any atom is -0.359 e. The Bertz CT molecular complexity index is 1030. The number of carbonyl (C=O) groups is 2. The lowest BCUT2D eigenvalue weighted by atomic mass is 9.47. The smallest absolute Gasteiger partial charge is 0.218 e. The van der Waals surface area contributed by atoms with Crippen LogP contribution in [0.1, 0.15) is 55.7 Å². The molecule has 3 saturated heterocycles. The van der Waals surface area contributed by atoms with E-state index >= 15 is 0 Å². The van der Waals surface area contributed by atoms with Gasteiger partial charge in [-0.3, -0.25) is 9.59 Å². The molecule has 7 fully saturated rings. The molecular formula is C27H29NO4. The van der Waals surface area contributed by atoms with E-state index in [1.165, 1.54) is 24.8 Å². The third-order valence-electron chi connectivity index (χ3n) is 10.0. The van der Waals surface area contributed by atoms with Crippen molar-refractivity contribution in [1.82, 2.24) is 4.90 Å².